The monoisotopic (exact) mass is 619 g/mol. The first-order valence-corrected chi connectivity index (χ1v) is 12.7. The van der Waals surface area contributed by atoms with Crippen molar-refractivity contribution in [3.05, 3.63) is 96.4 Å². The SMILES string of the molecule is COc1cc(/C=C2\SC(=O)N(Cc3ccccc3C)C2=O)cc(I)c1OC(=O)c1ccc(Cl)cc1. The molecule has 1 aliphatic heterocycles. The molecule has 0 radical (unpaired) electrons. The molecule has 0 bridgehead atoms. The van der Waals surface area contributed by atoms with E-state index in [2.05, 4.69) is 0 Å². The molecule has 0 unspecified atom stereocenters. The number of benzene rings is 3. The Balaban J connectivity index is 1.57. The molecule has 0 saturated carbocycles. The Morgan fingerprint density at radius 1 is 1.11 bits per heavy atom. The minimum atomic E-state index is -0.553. The quantitative estimate of drug-likeness (QED) is 0.132. The molecule has 4 rings (SSSR count). The third kappa shape index (κ3) is 5.71. The molecule has 35 heavy (non-hydrogen) atoms. The Hall–Kier alpha value is -2.82. The third-order valence-corrected chi connectivity index (χ3v) is 7.25. The highest BCUT2D eigenvalue weighted by molar-refractivity contribution is 14.1. The van der Waals surface area contributed by atoms with Crippen LogP contribution in [-0.2, 0) is 11.3 Å². The maximum atomic E-state index is 13.0. The highest BCUT2D eigenvalue weighted by Gasteiger charge is 2.35. The molecular weight excluding hydrogens is 601 g/mol. The van der Waals surface area contributed by atoms with Gasteiger partial charge in [-0.25, -0.2) is 4.79 Å². The van der Waals surface area contributed by atoms with Gasteiger partial charge in [0.2, 0.25) is 0 Å². The number of thioether (sulfide) groups is 1. The van der Waals surface area contributed by atoms with Crippen molar-refractivity contribution < 1.29 is 23.9 Å². The van der Waals surface area contributed by atoms with Gasteiger partial charge in [-0.3, -0.25) is 14.5 Å². The molecule has 3 aromatic rings. The molecule has 1 aliphatic rings. The van der Waals surface area contributed by atoms with Crippen molar-refractivity contribution >= 4 is 69.1 Å². The van der Waals surface area contributed by atoms with Crippen LogP contribution in [-0.4, -0.2) is 29.1 Å². The fourth-order valence-electron chi connectivity index (χ4n) is 3.41. The molecule has 6 nitrogen and oxygen atoms in total. The topological polar surface area (TPSA) is 72.9 Å². The molecule has 2 amide bonds. The molecule has 178 valence electrons. The lowest BCUT2D eigenvalue weighted by molar-refractivity contribution is -0.123. The second-order valence-corrected chi connectivity index (χ2v) is 10.2. The van der Waals surface area contributed by atoms with E-state index < -0.39 is 5.97 Å². The van der Waals surface area contributed by atoms with Crippen molar-refractivity contribution in [1.82, 2.24) is 4.90 Å². The first-order valence-electron chi connectivity index (χ1n) is 10.4. The lowest BCUT2D eigenvalue weighted by Gasteiger charge is -2.14. The van der Waals surface area contributed by atoms with E-state index in [0.29, 0.717) is 30.4 Å². The van der Waals surface area contributed by atoms with Crippen molar-refractivity contribution in [3.63, 3.8) is 0 Å². The Kier molecular flexibility index (Phi) is 7.83. The summed E-state index contributed by atoms with van der Waals surface area (Å²) >= 11 is 8.81. The highest BCUT2D eigenvalue weighted by Crippen LogP contribution is 2.38. The van der Waals surface area contributed by atoms with E-state index in [4.69, 9.17) is 21.1 Å². The fourth-order valence-corrected chi connectivity index (χ4v) is 5.11. The van der Waals surface area contributed by atoms with Crippen LogP contribution in [0.4, 0.5) is 4.79 Å². The number of hydrogen-bond donors (Lipinski definition) is 0. The first kappa shape index (κ1) is 25.3. The summed E-state index contributed by atoms with van der Waals surface area (Å²) in [6, 6.07) is 17.4. The second kappa shape index (κ2) is 10.8. The van der Waals surface area contributed by atoms with E-state index in [1.54, 1.807) is 42.5 Å². The van der Waals surface area contributed by atoms with Gasteiger partial charge in [-0.05, 0) is 100 Å². The second-order valence-electron chi connectivity index (χ2n) is 7.62. The number of carbonyl (C=O) groups is 3. The van der Waals surface area contributed by atoms with E-state index in [-0.39, 0.29) is 23.4 Å². The molecule has 0 aliphatic carbocycles. The molecule has 0 N–H and O–H groups in total. The van der Waals surface area contributed by atoms with E-state index in [9.17, 15) is 14.4 Å². The third-order valence-electron chi connectivity index (χ3n) is 5.29. The molecule has 1 heterocycles. The maximum Gasteiger partial charge on any atom is 0.343 e. The first-order chi connectivity index (χ1) is 16.8. The summed E-state index contributed by atoms with van der Waals surface area (Å²) < 4.78 is 11.6. The number of nitrogens with zero attached hydrogens (tertiary/aromatic N) is 1. The van der Waals surface area contributed by atoms with Crippen LogP contribution >= 0.6 is 46.0 Å². The number of hydrogen-bond acceptors (Lipinski definition) is 6. The zero-order chi connectivity index (χ0) is 25.1. The molecule has 1 fully saturated rings. The Labute approximate surface area is 225 Å². The van der Waals surface area contributed by atoms with E-state index in [0.717, 1.165) is 22.9 Å². The van der Waals surface area contributed by atoms with Gasteiger partial charge in [0.1, 0.15) is 0 Å². The maximum absolute atomic E-state index is 13.0. The number of carbonyl (C=O) groups excluding carboxylic acids is 3. The number of aryl methyl sites for hydroxylation is 1. The summed E-state index contributed by atoms with van der Waals surface area (Å²) in [5.41, 5.74) is 2.91. The lowest BCUT2D eigenvalue weighted by atomic mass is 10.1. The van der Waals surface area contributed by atoms with Crippen molar-refractivity contribution in [2.24, 2.45) is 0 Å². The predicted octanol–water partition coefficient (Wildman–Crippen LogP) is 6.72. The van der Waals surface area contributed by atoms with Crippen LogP contribution in [0.15, 0.2) is 65.6 Å². The number of imide groups is 1. The van der Waals surface area contributed by atoms with Gasteiger partial charge < -0.3 is 9.47 Å². The van der Waals surface area contributed by atoms with Gasteiger partial charge in [0, 0.05) is 5.02 Å². The minimum absolute atomic E-state index is 0.217. The summed E-state index contributed by atoms with van der Waals surface area (Å²) in [5.74, 6) is -0.319. The van der Waals surface area contributed by atoms with Gasteiger partial charge in [-0.2, -0.15) is 0 Å². The zero-order valence-corrected chi connectivity index (χ0v) is 22.4. The number of esters is 1. The smallest absolute Gasteiger partial charge is 0.343 e. The highest BCUT2D eigenvalue weighted by atomic mass is 127. The Morgan fingerprint density at radius 3 is 2.51 bits per heavy atom. The largest absolute Gasteiger partial charge is 0.493 e. The van der Waals surface area contributed by atoms with Crippen molar-refractivity contribution in [3.8, 4) is 11.5 Å². The van der Waals surface area contributed by atoms with Gasteiger partial charge in [0.15, 0.2) is 11.5 Å². The molecule has 1 saturated heterocycles. The van der Waals surface area contributed by atoms with E-state index in [1.165, 1.54) is 12.0 Å². The van der Waals surface area contributed by atoms with E-state index in [1.807, 2.05) is 53.8 Å². The number of halogens is 2. The average molecular weight is 620 g/mol. The Morgan fingerprint density at radius 2 is 1.83 bits per heavy atom. The predicted molar refractivity (Wildman–Crippen MR) is 145 cm³/mol. The summed E-state index contributed by atoms with van der Waals surface area (Å²) in [7, 11) is 1.46. The molecule has 3 aromatic carbocycles. The zero-order valence-electron chi connectivity index (χ0n) is 18.7. The lowest BCUT2D eigenvalue weighted by Crippen LogP contribution is -2.27. The van der Waals surface area contributed by atoms with Gasteiger partial charge in [-0.1, -0.05) is 35.9 Å². The van der Waals surface area contributed by atoms with E-state index >= 15 is 0 Å². The van der Waals surface area contributed by atoms with Crippen molar-refractivity contribution in [1.29, 1.82) is 0 Å². The summed E-state index contributed by atoms with van der Waals surface area (Å²) in [5, 5.41) is 0.195. The van der Waals surface area contributed by atoms with Gasteiger partial charge in [-0.15, -0.1) is 0 Å². The van der Waals surface area contributed by atoms with Gasteiger partial charge in [0.25, 0.3) is 11.1 Å². The van der Waals surface area contributed by atoms with Crippen LogP contribution in [0.3, 0.4) is 0 Å². The van der Waals surface area contributed by atoms with Crippen LogP contribution in [0.2, 0.25) is 5.02 Å². The summed E-state index contributed by atoms with van der Waals surface area (Å²) in [4.78, 5) is 39.7. The molecule has 0 spiro atoms. The molecule has 9 heteroatoms. The summed E-state index contributed by atoms with van der Waals surface area (Å²) in [6.07, 6.45) is 1.64. The summed E-state index contributed by atoms with van der Waals surface area (Å²) in [6.45, 7) is 2.16. The fraction of sp³-hybridized carbons (Fsp3) is 0.115. The molecule has 0 atom stereocenters. The van der Waals surface area contributed by atoms with Gasteiger partial charge >= 0.3 is 5.97 Å². The number of methoxy groups -OCH3 is 1. The van der Waals surface area contributed by atoms with Crippen LogP contribution in [0.1, 0.15) is 27.0 Å². The van der Waals surface area contributed by atoms with Crippen LogP contribution < -0.4 is 9.47 Å². The molecular formula is C26H19ClINO5S. The van der Waals surface area contributed by atoms with Crippen LogP contribution in [0.5, 0.6) is 11.5 Å². The molecule has 0 aromatic heterocycles. The van der Waals surface area contributed by atoms with Crippen LogP contribution in [0.25, 0.3) is 6.08 Å². The minimum Gasteiger partial charge on any atom is -0.493 e. The van der Waals surface area contributed by atoms with Crippen molar-refractivity contribution in [2.75, 3.05) is 7.11 Å². The number of amides is 2. The standard InChI is InChI=1S/C26H19ClINO5S/c1-15-5-3-4-6-18(15)14-29-24(30)22(35-26(29)32)13-16-11-20(28)23(21(12-16)33-2)34-25(31)17-7-9-19(27)10-8-17/h3-13H,14H2,1-2H3/b22-13-. The Bertz CT molecular complexity index is 1360. The van der Waals surface area contributed by atoms with Crippen LogP contribution in [0, 0.1) is 10.5 Å². The number of ether oxygens (including phenoxy) is 2. The normalized spacial score (nSPS) is 14.5. The van der Waals surface area contributed by atoms with Gasteiger partial charge in [0.05, 0.1) is 27.7 Å². The number of rotatable bonds is 6. The van der Waals surface area contributed by atoms with Crippen molar-refractivity contribution in [2.45, 2.75) is 13.5 Å². The average Bonchev–Trinajstić information content (AvgIpc) is 3.09.